The summed E-state index contributed by atoms with van der Waals surface area (Å²) in [6, 6.07) is 13.7. The second-order valence-corrected chi connectivity index (χ2v) is 4.58. The van der Waals surface area contributed by atoms with Crippen molar-refractivity contribution in [1.29, 1.82) is 0 Å². The van der Waals surface area contributed by atoms with Gasteiger partial charge in [-0.25, -0.2) is 4.39 Å². The molecule has 0 heterocycles. The number of anilines is 1. The molecule has 0 aliphatic carbocycles. The normalized spacial score (nSPS) is 11.9. The van der Waals surface area contributed by atoms with Crippen molar-refractivity contribution in [2.24, 2.45) is 0 Å². The van der Waals surface area contributed by atoms with Gasteiger partial charge in [0.2, 0.25) is 0 Å². The summed E-state index contributed by atoms with van der Waals surface area (Å²) >= 11 is 0. The number of carbonyl (C=O) groups is 1. The van der Waals surface area contributed by atoms with Crippen LogP contribution in [-0.4, -0.2) is 5.97 Å². The fourth-order valence-corrected chi connectivity index (χ4v) is 1.87. The fourth-order valence-electron chi connectivity index (χ4n) is 1.87. The molecule has 1 atom stereocenters. The van der Waals surface area contributed by atoms with E-state index >= 15 is 0 Å². The molecule has 0 bridgehead atoms. The molecule has 2 N–H and O–H groups in total. The lowest BCUT2D eigenvalue weighted by Gasteiger charge is -2.14. The molecule has 0 saturated heterocycles. The van der Waals surface area contributed by atoms with E-state index in [0.29, 0.717) is 5.56 Å². The highest BCUT2D eigenvalue weighted by Crippen LogP contribution is 2.21. The fraction of sp³-hybridized carbons (Fsp3) is 0.188. The number of carbonyl (C=O) groups excluding carboxylic acids is 1. The minimum absolute atomic E-state index is 0.0802. The molecule has 0 aliphatic heterocycles. The van der Waals surface area contributed by atoms with Crippen molar-refractivity contribution < 1.29 is 13.9 Å². The van der Waals surface area contributed by atoms with E-state index in [9.17, 15) is 9.18 Å². The predicted octanol–water partition coefficient (Wildman–Crippen LogP) is 3.25. The maximum atomic E-state index is 13.4. The lowest BCUT2D eigenvalue weighted by atomic mass is 10.1. The molecule has 1 unspecified atom stereocenters. The second kappa shape index (κ2) is 6.19. The van der Waals surface area contributed by atoms with Crippen molar-refractivity contribution in [3.8, 4) is 0 Å². The molecule has 104 valence electrons. The number of nitrogens with two attached hydrogens (primary N) is 1. The van der Waals surface area contributed by atoms with E-state index in [4.69, 9.17) is 10.5 Å². The number of nitrogen functional groups attached to an aromatic ring is 1. The van der Waals surface area contributed by atoms with Crippen LogP contribution in [0.1, 0.15) is 24.2 Å². The Morgan fingerprint density at radius 2 is 1.95 bits per heavy atom. The maximum Gasteiger partial charge on any atom is 0.310 e. The van der Waals surface area contributed by atoms with Crippen LogP contribution in [0.15, 0.2) is 48.5 Å². The Kier molecular flexibility index (Phi) is 4.35. The van der Waals surface area contributed by atoms with E-state index in [-0.39, 0.29) is 18.1 Å². The predicted molar refractivity (Wildman–Crippen MR) is 75.5 cm³/mol. The number of ether oxygens (including phenoxy) is 1. The molecule has 3 nitrogen and oxygen atoms in total. The van der Waals surface area contributed by atoms with Crippen molar-refractivity contribution in [2.75, 3.05) is 5.73 Å². The van der Waals surface area contributed by atoms with Gasteiger partial charge >= 0.3 is 5.97 Å². The molecular formula is C16H16FNO2. The first-order valence-corrected chi connectivity index (χ1v) is 6.34. The summed E-state index contributed by atoms with van der Waals surface area (Å²) in [6.45, 7) is 1.70. The molecule has 0 radical (unpaired) electrons. The van der Waals surface area contributed by atoms with Gasteiger partial charge in [0.05, 0.1) is 12.1 Å². The van der Waals surface area contributed by atoms with Gasteiger partial charge in [-0.1, -0.05) is 36.4 Å². The molecular weight excluding hydrogens is 257 g/mol. The van der Waals surface area contributed by atoms with E-state index in [0.717, 1.165) is 5.56 Å². The summed E-state index contributed by atoms with van der Waals surface area (Å²) in [7, 11) is 0. The number of rotatable bonds is 4. The van der Waals surface area contributed by atoms with Crippen LogP contribution in [0.3, 0.4) is 0 Å². The number of esters is 1. The van der Waals surface area contributed by atoms with E-state index < -0.39 is 11.9 Å². The molecule has 2 rings (SSSR count). The van der Waals surface area contributed by atoms with Crippen LogP contribution in [0.4, 0.5) is 10.1 Å². The highest BCUT2D eigenvalue weighted by molar-refractivity contribution is 5.72. The van der Waals surface area contributed by atoms with Crippen molar-refractivity contribution in [1.82, 2.24) is 0 Å². The zero-order valence-electron chi connectivity index (χ0n) is 11.2. The Morgan fingerprint density at radius 3 is 2.60 bits per heavy atom. The largest absolute Gasteiger partial charge is 0.458 e. The van der Waals surface area contributed by atoms with Gasteiger partial charge in [0.25, 0.3) is 0 Å². The number of benzene rings is 2. The average Bonchev–Trinajstić information content (AvgIpc) is 2.42. The van der Waals surface area contributed by atoms with Gasteiger partial charge in [0.15, 0.2) is 0 Å². The molecule has 0 aliphatic rings. The van der Waals surface area contributed by atoms with Gasteiger partial charge in [0, 0.05) is 0 Å². The van der Waals surface area contributed by atoms with Crippen LogP contribution >= 0.6 is 0 Å². The average molecular weight is 273 g/mol. The molecule has 20 heavy (non-hydrogen) atoms. The Balaban J connectivity index is 1.98. The Hall–Kier alpha value is -2.36. The highest BCUT2D eigenvalue weighted by Gasteiger charge is 2.13. The van der Waals surface area contributed by atoms with Crippen LogP contribution < -0.4 is 5.73 Å². The Labute approximate surface area is 117 Å². The molecule has 2 aromatic carbocycles. The van der Waals surface area contributed by atoms with Crippen molar-refractivity contribution in [3.05, 3.63) is 65.5 Å². The Bertz CT molecular complexity index is 599. The lowest BCUT2D eigenvalue weighted by Crippen LogP contribution is -2.11. The van der Waals surface area contributed by atoms with Crippen molar-refractivity contribution in [3.63, 3.8) is 0 Å². The standard InChI is InChI=1S/C16H16FNO2/c1-11(13-7-8-15(18)14(17)10-13)20-16(19)9-12-5-3-2-4-6-12/h2-8,10-11H,9,18H2,1H3. The molecule has 0 fully saturated rings. The third-order valence-electron chi connectivity index (χ3n) is 2.99. The zero-order chi connectivity index (χ0) is 14.5. The first kappa shape index (κ1) is 14.1. The van der Waals surface area contributed by atoms with E-state index in [2.05, 4.69) is 0 Å². The third kappa shape index (κ3) is 3.57. The molecule has 0 saturated carbocycles. The van der Waals surface area contributed by atoms with E-state index in [1.54, 1.807) is 13.0 Å². The van der Waals surface area contributed by atoms with Crippen LogP contribution in [0, 0.1) is 5.82 Å². The Morgan fingerprint density at radius 1 is 1.25 bits per heavy atom. The summed E-state index contributed by atoms with van der Waals surface area (Å²) in [4.78, 5) is 11.8. The smallest absolute Gasteiger partial charge is 0.310 e. The number of halogens is 1. The van der Waals surface area contributed by atoms with E-state index in [1.165, 1.54) is 12.1 Å². The third-order valence-corrected chi connectivity index (χ3v) is 2.99. The quantitative estimate of drug-likeness (QED) is 0.687. The molecule has 2 aromatic rings. The van der Waals surface area contributed by atoms with Crippen LogP contribution in [0.25, 0.3) is 0 Å². The van der Waals surface area contributed by atoms with Crippen molar-refractivity contribution in [2.45, 2.75) is 19.4 Å². The van der Waals surface area contributed by atoms with Gasteiger partial charge in [0.1, 0.15) is 11.9 Å². The van der Waals surface area contributed by atoms with Crippen LogP contribution in [0.5, 0.6) is 0 Å². The first-order valence-electron chi connectivity index (χ1n) is 6.34. The summed E-state index contributed by atoms with van der Waals surface area (Å²) < 4.78 is 18.6. The summed E-state index contributed by atoms with van der Waals surface area (Å²) in [5.74, 6) is -0.852. The van der Waals surface area contributed by atoms with Crippen LogP contribution in [0.2, 0.25) is 0 Å². The zero-order valence-corrected chi connectivity index (χ0v) is 11.2. The van der Waals surface area contributed by atoms with Gasteiger partial charge in [-0.2, -0.15) is 0 Å². The second-order valence-electron chi connectivity index (χ2n) is 4.58. The molecule has 4 heteroatoms. The SMILES string of the molecule is CC(OC(=O)Cc1ccccc1)c1ccc(N)c(F)c1. The molecule has 0 aromatic heterocycles. The first-order chi connectivity index (χ1) is 9.56. The van der Waals surface area contributed by atoms with Gasteiger partial charge in [-0.05, 0) is 30.2 Å². The molecule has 0 amide bonds. The minimum atomic E-state index is -0.513. The number of hydrogen-bond acceptors (Lipinski definition) is 3. The van der Waals surface area contributed by atoms with Crippen LogP contribution in [-0.2, 0) is 16.0 Å². The summed E-state index contributed by atoms with van der Waals surface area (Å²) in [5, 5.41) is 0. The van der Waals surface area contributed by atoms with Gasteiger partial charge < -0.3 is 10.5 Å². The number of hydrogen-bond donors (Lipinski definition) is 1. The highest BCUT2D eigenvalue weighted by atomic mass is 19.1. The van der Waals surface area contributed by atoms with Gasteiger partial charge in [-0.3, -0.25) is 4.79 Å². The van der Waals surface area contributed by atoms with E-state index in [1.807, 2.05) is 30.3 Å². The summed E-state index contributed by atoms with van der Waals surface area (Å²) in [5.41, 5.74) is 6.95. The summed E-state index contributed by atoms with van der Waals surface area (Å²) in [6.07, 6.45) is -0.316. The minimum Gasteiger partial charge on any atom is -0.458 e. The maximum absolute atomic E-state index is 13.4. The monoisotopic (exact) mass is 273 g/mol. The topological polar surface area (TPSA) is 52.3 Å². The lowest BCUT2D eigenvalue weighted by molar-refractivity contribution is -0.147. The molecule has 0 spiro atoms. The van der Waals surface area contributed by atoms with Gasteiger partial charge in [-0.15, -0.1) is 0 Å². The van der Waals surface area contributed by atoms with Crippen molar-refractivity contribution >= 4 is 11.7 Å².